The maximum atomic E-state index is 8.69. The van der Waals surface area contributed by atoms with Gasteiger partial charge in [0.2, 0.25) is 0 Å². The molecule has 0 bridgehead atoms. The van der Waals surface area contributed by atoms with Crippen molar-refractivity contribution in [3.8, 4) is 11.8 Å². The zero-order valence-corrected chi connectivity index (χ0v) is 9.71. The van der Waals surface area contributed by atoms with Crippen LogP contribution in [0.3, 0.4) is 0 Å². The first kappa shape index (κ1) is 11.9. The van der Waals surface area contributed by atoms with Gasteiger partial charge in [0.15, 0.2) is 0 Å². The molecule has 0 amide bonds. The number of nitriles is 1. The third-order valence-corrected chi connectivity index (χ3v) is 2.61. The Bertz CT molecular complexity index is 370. The molecule has 0 aromatic heterocycles. The maximum Gasteiger partial charge on any atom is 0.120 e. The molecule has 0 N–H and O–H groups in total. The minimum absolute atomic E-state index is 0.444. The summed E-state index contributed by atoms with van der Waals surface area (Å²) < 4.78 is 5.55. The van der Waals surface area contributed by atoms with Crippen molar-refractivity contribution in [1.29, 1.82) is 5.26 Å². The molecule has 0 fully saturated rings. The summed E-state index contributed by atoms with van der Waals surface area (Å²) >= 11 is 5.88. The van der Waals surface area contributed by atoms with Gasteiger partial charge in [0, 0.05) is 6.07 Å². The van der Waals surface area contributed by atoms with E-state index in [1.165, 1.54) is 0 Å². The van der Waals surface area contributed by atoms with E-state index in [1.54, 1.807) is 18.2 Å². The zero-order valence-electron chi connectivity index (χ0n) is 8.96. The van der Waals surface area contributed by atoms with Crippen molar-refractivity contribution in [1.82, 2.24) is 0 Å². The summed E-state index contributed by atoms with van der Waals surface area (Å²) in [4.78, 5) is 0. The number of halogens is 1. The van der Waals surface area contributed by atoms with E-state index < -0.39 is 0 Å². The Hall–Kier alpha value is -1.20. The van der Waals surface area contributed by atoms with Gasteiger partial charge in [0.05, 0.1) is 17.2 Å². The van der Waals surface area contributed by atoms with Crippen LogP contribution in [0.5, 0.6) is 5.75 Å². The number of nitrogens with zero attached hydrogens (tertiary/aromatic N) is 1. The molecule has 0 aliphatic rings. The van der Waals surface area contributed by atoms with E-state index in [0.29, 0.717) is 23.1 Å². The van der Waals surface area contributed by atoms with Crippen LogP contribution >= 0.6 is 11.6 Å². The van der Waals surface area contributed by atoms with E-state index in [-0.39, 0.29) is 0 Å². The molecule has 0 saturated carbocycles. The van der Waals surface area contributed by atoms with Crippen LogP contribution in [0, 0.1) is 17.2 Å². The smallest absolute Gasteiger partial charge is 0.120 e. The standard InChI is InChI=1S/C12H14ClNO/c1-3-9(2)8-15-11-5-4-10(7-14)12(13)6-11/h4-6,9H,3,8H2,1-2H3. The van der Waals surface area contributed by atoms with Crippen molar-refractivity contribution in [2.45, 2.75) is 20.3 Å². The molecule has 80 valence electrons. The molecule has 1 unspecified atom stereocenters. The Balaban J connectivity index is 2.64. The van der Waals surface area contributed by atoms with Gasteiger partial charge in [-0.3, -0.25) is 0 Å². The first-order valence-corrected chi connectivity index (χ1v) is 5.37. The van der Waals surface area contributed by atoms with Crippen LogP contribution in [-0.4, -0.2) is 6.61 Å². The van der Waals surface area contributed by atoms with E-state index in [4.69, 9.17) is 21.6 Å². The Morgan fingerprint density at radius 1 is 1.53 bits per heavy atom. The second-order valence-corrected chi connectivity index (χ2v) is 3.99. The van der Waals surface area contributed by atoms with Gasteiger partial charge in [-0.25, -0.2) is 0 Å². The van der Waals surface area contributed by atoms with E-state index >= 15 is 0 Å². The summed E-state index contributed by atoms with van der Waals surface area (Å²) in [5, 5.41) is 9.13. The van der Waals surface area contributed by atoms with Crippen LogP contribution in [0.15, 0.2) is 18.2 Å². The van der Waals surface area contributed by atoms with Gasteiger partial charge >= 0.3 is 0 Å². The number of rotatable bonds is 4. The highest BCUT2D eigenvalue weighted by Crippen LogP contribution is 2.22. The summed E-state index contributed by atoms with van der Waals surface area (Å²) in [7, 11) is 0. The predicted octanol–water partition coefficient (Wildman–Crippen LogP) is 3.64. The lowest BCUT2D eigenvalue weighted by molar-refractivity contribution is 0.256. The lowest BCUT2D eigenvalue weighted by Gasteiger charge is -2.11. The predicted molar refractivity (Wildman–Crippen MR) is 61.1 cm³/mol. The quantitative estimate of drug-likeness (QED) is 0.781. The third kappa shape index (κ3) is 3.45. The van der Waals surface area contributed by atoms with Crippen LogP contribution in [0.2, 0.25) is 5.02 Å². The molecule has 0 aliphatic heterocycles. The molecule has 0 spiro atoms. The number of hydrogen-bond donors (Lipinski definition) is 0. The topological polar surface area (TPSA) is 33.0 Å². The first-order chi connectivity index (χ1) is 7.17. The molecular formula is C12H14ClNO. The fourth-order valence-corrected chi connectivity index (χ4v) is 1.25. The summed E-state index contributed by atoms with van der Waals surface area (Å²) in [6.45, 7) is 4.93. The summed E-state index contributed by atoms with van der Waals surface area (Å²) in [6.07, 6.45) is 1.09. The molecule has 1 aromatic carbocycles. The molecule has 1 aromatic rings. The van der Waals surface area contributed by atoms with Gasteiger partial charge in [0.25, 0.3) is 0 Å². The van der Waals surface area contributed by atoms with Crippen molar-refractivity contribution in [3.63, 3.8) is 0 Å². The average molecular weight is 224 g/mol. The molecule has 0 heterocycles. The third-order valence-electron chi connectivity index (χ3n) is 2.29. The Morgan fingerprint density at radius 3 is 2.80 bits per heavy atom. The van der Waals surface area contributed by atoms with Gasteiger partial charge in [-0.15, -0.1) is 0 Å². The zero-order chi connectivity index (χ0) is 11.3. The van der Waals surface area contributed by atoms with Gasteiger partial charge in [-0.05, 0) is 18.1 Å². The van der Waals surface area contributed by atoms with Crippen molar-refractivity contribution >= 4 is 11.6 Å². The number of benzene rings is 1. The maximum absolute atomic E-state index is 8.69. The normalized spacial score (nSPS) is 11.9. The Kier molecular flexibility index (Phi) is 4.45. The minimum Gasteiger partial charge on any atom is -0.493 e. The number of ether oxygens (including phenoxy) is 1. The fourth-order valence-electron chi connectivity index (χ4n) is 1.03. The summed E-state index contributed by atoms with van der Waals surface area (Å²) in [6, 6.07) is 7.14. The molecule has 0 aliphatic carbocycles. The highest BCUT2D eigenvalue weighted by atomic mass is 35.5. The van der Waals surface area contributed by atoms with Gasteiger partial charge in [-0.1, -0.05) is 31.9 Å². The highest BCUT2D eigenvalue weighted by molar-refractivity contribution is 6.31. The lowest BCUT2D eigenvalue weighted by Crippen LogP contribution is -2.07. The van der Waals surface area contributed by atoms with Crippen LogP contribution in [0.4, 0.5) is 0 Å². The average Bonchev–Trinajstić information content (AvgIpc) is 2.26. The molecule has 0 saturated heterocycles. The van der Waals surface area contributed by atoms with Crippen molar-refractivity contribution < 1.29 is 4.74 Å². The van der Waals surface area contributed by atoms with Crippen molar-refractivity contribution in [3.05, 3.63) is 28.8 Å². The molecular weight excluding hydrogens is 210 g/mol. The minimum atomic E-state index is 0.444. The molecule has 2 nitrogen and oxygen atoms in total. The highest BCUT2D eigenvalue weighted by Gasteiger charge is 2.03. The van der Waals surface area contributed by atoms with Gasteiger partial charge in [0.1, 0.15) is 11.8 Å². The van der Waals surface area contributed by atoms with Gasteiger partial charge < -0.3 is 4.74 Å². The largest absolute Gasteiger partial charge is 0.493 e. The van der Waals surface area contributed by atoms with Gasteiger partial charge in [-0.2, -0.15) is 5.26 Å². The lowest BCUT2D eigenvalue weighted by atomic mass is 10.1. The fraction of sp³-hybridized carbons (Fsp3) is 0.417. The number of hydrogen-bond acceptors (Lipinski definition) is 2. The second-order valence-electron chi connectivity index (χ2n) is 3.58. The van der Waals surface area contributed by atoms with Crippen molar-refractivity contribution in [2.75, 3.05) is 6.61 Å². The SMILES string of the molecule is CCC(C)COc1ccc(C#N)c(Cl)c1. The summed E-state index contributed by atoms with van der Waals surface area (Å²) in [5.74, 6) is 1.25. The van der Waals surface area contributed by atoms with Crippen LogP contribution in [0.25, 0.3) is 0 Å². The van der Waals surface area contributed by atoms with E-state index in [9.17, 15) is 0 Å². The molecule has 15 heavy (non-hydrogen) atoms. The van der Waals surface area contributed by atoms with E-state index in [2.05, 4.69) is 13.8 Å². The van der Waals surface area contributed by atoms with Crippen molar-refractivity contribution in [2.24, 2.45) is 5.92 Å². The molecule has 0 radical (unpaired) electrons. The van der Waals surface area contributed by atoms with Crippen LogP contribution < -0.4 is 4.74 Å². The molecule has 1 atom stereocenters. The van der Waals surface area contributed by atoms with Crippen LogP contribution in [-0.2, 0) is 0 Å². The molecule has 3 heteroatoms. The second kappa shape index (κ2) is 5.63. The van der Waals surface area contributed by atoms with Crippen LogP contribution in [0.1, 0.15) is 25.8 Å². The Labute approximate surface area is 95.4 Å². The monoisotopic (exact) mass is 223 g/mol. The van der Waals surface area contributed by atoms with E-state index in [0.717, 1.165) is 12.2 Å². The Morgan fingerprint density at radius 2 is 2.27 bits per heavy atom. The summed E-state index contributed by atoms with van der Waals surface area (Å²) in [5.41, 5.74) is 0.479. The first-order valence-electron chi connectivity index (χ1n) is 4.99. The van der Waals surface area contributed by atoms with E-state index in [1.807, 2.05) is 6.07 Å². The molecule has 1 rings (SSSR count).